The van der Waals surface area contributed by atoms with Gasteiger partial charge in [-0.15, -0.1) is 0 Å². The first kappa shape index (κ1) is 17.9. The van der Waals surface area contributed by atoms with E-state index < -0.39 is 8.80 Å². The Kier molecular flexibility index (Phi) is 4.88. The van der Waals surface area contributed by atoms with Gasteiger partial charge in [0.05, 0.1) is 0 Å². The molecule has 0 amide bonds. The topological polar surface area (TPSA) is 0 Å². The van der Waals surface area contributed by atoms with Gasteiger partial charge >= 0.3 is 0 Å². The van der Waals surface area contributed by atoms with Gasteiger partial charge in [0.2, 0.25) is 0 Å². The SMILES string of the molecule is CC1=CC([SiH](c2cc(C)cc(C)c2)c2cc(C)cc(C)c2)C(C)=C1C. The number of aryl methyl sites for hydroxylation is 4. The first-order valence-corrected chi connectivity index (χ1v) is 11.1. The van der Waals surface area contributed by atoms with Crippen molar-refractivity contribution >= 4 is 19.2 Å². The second-order valence-corrected chi connectivity index (χ2v) is 11.0. The molecule has 1 unspecified atom stereocenters. The zero-order valence-corrected chi connectivity index (χ0v) is 17.9. The highest BCUT2D eigenvalue weighted by Crippen LogP contribution is 2.36. The summed E-state index contributed by atoms with van der Waals surface area (Å²) >= 11 is 0. The number of benzene rings is 2. The maximum atomic E-state index is 2.54. The number of hydrogen-bond donors (Lipinski definition) is 0. The fraction of sp³-hybridized carbons (Fsp3) is 0.333. The molecule has 0 spiro atoms. The van der Waals surface area contributed by atoms with E-state index in [0.29, 0.717) is 5.54 Å². The molecule has 0 aliphatic heterocycles. The van der Waals surface area contributed by atoms with Crippen molar-refractivity contribution < 1.29 is 0 Å². The highest BCUT2D eigenvalue weighted by molar-refractivity contribution is 6.87. The molecule has 0 nitrogen and oxygen atoms in total. The summed E-state index contributed by atoms with van der Waals surface area (Å²) in [7, 11) is -1.38. The Hall–Kier alpha value is -1.86. The molecule has 1 atom stereocenters. The van der Waals surface area contributed by atoms with Gasteiger partial charge in [-0.1, -0.05) is 86.2 Å². The highest BCUT2D eigenvalue weighted by Gasteiger charge is 2.31. The van der Waals surface area contributed by atoms with Crippen LogP contribution in [0.4, 0.5) is 0 Å². The molecular weight excluding hydrogens is 316 g/mol. The van der Waals surface area contributed by atoms with E-state index in [4.69, 9.17) is 0 Å². The molecule has 0 N–H and O–H groups in total. The average Bonchev–Trinajstić information content (AvgIpc) is 2.73. The molecule has 0 saturated carbocycles. The third-order valence-corrected chi connectivity index (χ3v) is 9.19. The van der Waals surface area contributed by atoms with Gasteiger partial charge in [0, 0.05) is 0 Å². The van der Waals surface area contributed by atoms with Crippen LogP contribution in [0.3, 0.4) is 0 Å². The largest absolute Gasteiger partial charge is 0.113 e. The van der Waals surface area contributed by atoms with Crippen molar-refractivity contribution in [2.24, 2.45) is 0 Å². The van der Waals surface area contributed by atoms with Crippen LogP contribution in [0.5, 0.6) is 0 Å². The van der Waals surface area contributed by atoms with Crippen molar-refractivity contribution in [2.45, 2.75) is 54.0 Å². The molecule has 1 aliphatic rings. The molecule has 0 saturated heterocycles. The maximum absolute atomic E-state index is 2.54. The zero-order chi connectivity index (χ0) is 18.3. The third-order valence-electron chi connectivity index (χ3n) is 5.68. The van der Waals surface area contributed by atoms with Gasteiger partial charge in [0.15, 0.2) is 0 Å². The van der Waals surface area contributed by atoms with Crippen molar-refractivity contribution in [1.82, 2.24) is 0 Å². The Morgan fingerprint density at radius 3 is 1.32 bits per heavy atom. The smallest absolute Gasteiger partial charge is 0.0764 e. The second kappa shape index (κ2) is 6.80. The Bertz CT molecular complexity index is 791. The highest BCUT2D eigenvalue weighted by atomic mass is 28.3. The van der Waals surface area contributed by atoms with E-state index in [1.807, 2.05) is 0 Å². The van der Waals surface area contributed by atoms with E-state index in [2.05, 4.69) is 90.9 Å². The minimum absolute atomic E-state index is 0.586. The summed E-state index contributed by atoms with van der Waals surface area (Å²) in [6.07, 6.45) is 2.54. The molecule has 0 heterocycles. The van der Waals surface area contributed by atoms with Gasteiger partial charge in [0.25, 0.3) is 0 Å². The second-order valence-electron chi connectivity index (χ2n) is 8.00. The predicted molar refractivity (Wildman–Crippen MR) is 114 cm³/mol. The van der Waals surface area contributed by atoms with Crippen LogP contribution in [-0.2, 0) is 0 Å². The Morgan fingerprint density at radius 1 is 0.600 bits per heavy atom. The van der Waals surface area contributed by atoms with Gasteiger partial charge in [-0.05, 0) is 59.6 Å². The summed E-state index contributed by atoms with van der Waals surface area (Å²) in [6.45, 7) is 15.8. The molecule has 2 aromatic rings. The van der Waals surface area contributed by atoms with E-state index in [1.54, 1.807) is 15.9 Å². The maximum Gasteiger partial charge on any atom is 0.113 e. The molecule has 25 heavy (non-hydrogen) atoms. The molecular formula is C24H30Si. The van der Waals surface area contributed by atoms with Gasteiger partial charge in [-0.2, -0.15) is 0 Å². The van der Waals surface area contributed by atoms with Crippen molar-refractivity contribution in [3.63, 3.8) is 0 Å². The standard InChI is InChI=1S/C24H30Si/c1-15-8-16(2)11-22(10-15)25(23-12-17(3)9-18(4)13-23)24-14-19(5)20(6)21(24)7/h8-14,24-25H,1-7H3. The van der Waals surface area contributed by atoms with Gasteiger partial charge in [-0.25, -0.2) is 0 Å². The summed E-state index contributed by atoms with van der Waals surface area (Å²) in [5, 5.41) is 3.15. The van der Waals surface area contributed by atoms with Crippen LogP contribution in [0.1, 0.15) is 43.0 Å². The third kappa shape index (κ3) is 3.57. The minimum atomic E-state index is -1.38. The van der Waals surface area contributed by atoms with Crippen molar-refractivity contribution in [1.29, 1.82) is 0 Å². The van der Waals surface area contributed by atoms with Crippen LogP contribution in [0.2, 0.25) is 5.54 Å². The minimum Gasteiger partial charge on any atom is -0.0764 e. The zero-order valence-electron chi connectivity index (χ0n) is 16.7. The fourth-order valence-corrected chi connectivity index (χ4v) is 8.63. The van der Waals surface area contributed by atoms with Crippen LogP contribution >= 0.6 is 0 Å². The summed E-state index contributed by atoms with van der Waals surface area (Å²) in [5.74, 6) is 0. The molecule has 0 radical (unpaired) electrons. The van der Waals surface area contributed by atoms with Crippen LogP contribution in [0.15, 0.2) is 59.2 Å². The van der Waals surface area contributed by atoms with E-state index >= 15 is 0 Å². The number of allylic oxidation sites excluding steroid dienone is 4. The lowest BCUT2D eigenvalue weighted by Gasteiger charge is -2.25. The Morgan fingerprint density at radius 2 is 1.00 bits per heavy atom. The molecule has 1 heteroatoms. The van der Waals surface area contributed by atoms with Crippen molar-refractivity contribution in [3.8, 4) is 0 Å². The van der Waals surface area contributed by atoms with Gasteiger partial charge in [-0.3, -0.25) is 0 Å². The molecule has 0 bridgehead atoms. The van der Waals surface area contributed by atoms with Crippen LogP contribution < -0.4 is 10.4 Å². The summed E-state index contributed by atoms with van der Waals surface area (Å²) in [4.78, 5) is 0. The summed E-state index contributed by atoms with van der Waals surface area (Å²) < 4.78 is 0. The van der Waals surface area contributed by atoms with Gasteiger partial charge < -0.3 is 0 Å². The van der Waals surface area contributed by atoms with E-state index in [9.17, 15) is 0 Å². The normalized spacial score (nSPS) is 17.4. The first-order valence-electron chi connectivity index (χ1n) is 9.29. The Labute approximate surface area is 154 Å². The number of hydrogen-bond acceptors (Lipinski definition) is 0. The lowest BCUT2D eigenvalue weighted by molar-refractivity contribution is 1.18. The predicted octanol–water partition coefficient (Wildman–Crippen LogP) is 4.93. The summed E-state index contributed by atoms with van der Waals surface area (Å²) in [5.41, 5.74) is 10.7. The van der Waals surface area contributed by atoms with Crippen molar-refractivity contribution in [3.05, 3.63) is 81.4 Å². The molecule has 3 rings (SSSR count). The molecule has 0 aromatic heterocycles. The quantitative estimate of drug-likeness (QED) is 0.691. The first-order chi connectivity index (χ1) is 11.8. The number of rotatable bonds is 3. The van der Waals surface area contributed by atoms with Crippen LogP contribution in [-0.4, -0.2) is 8.80 Å². The summed E-state index contributed by atoms with van der Waals surface area (Å²) in [6, 6.07) is 14.3. The van der Waals surface area contributed by atoms with Crippen LogP contribution in [0.25, 0.3) is 0 Å². The average molecular weight is 347 g/mol. The molecule has 1 aliphatic carbocycles. The fourth-order valence-electron chi connectivity index (χ4n) is 4.41. The monoisotopic (exact) mass is 346 g/mol. The molecule has 2 aromatic carbocycles. The lowest BCUT2D eigenvalue weighted by Crippen LogP contribution is -2.46. The van der Waals surface area contributed by atoms with E-state index in [1.165, 1.54) is 33.4 Å². The van der Waals surface area contributed by atoms with Crippen molar-refractivity contribution in [2.75, 3.05) is 0 Å². The lowest BCUT2D eigenvalue weighted by atomic mass is 10.1. The van der Waals surface area contributed by atoms with Gasteiger partial charge in [0.1, 0.15) is 8.80 Å². The molecule has 130 valence electrons. The van der Waals surface area contributed by atoms with E-state index in [0.717, 1.165) is 0 Å². The molecule has 0 fully saturated rings. The van der Waals surface area contributed by atoms with Crippen LogP contribution in [0, 0.1) is 27.7 Å². The van der Waals surface area contributed by atoms with E-state index in [-0.39, 0.29) is 0 Å². The Balaban J connectivity index is 2.22.